The van der Waals surface area contributed by atoms with Crippen molar-refractivity contribution in [3.63, 3.8) is 0 Å². The van der Waals surface area contributed by atoms with Crippen LogP contribution >= 0.6 is 23.4 Å². The van der Waals surface area contributed by atoms with Gasteiger partial charge in [0.25, 0.3) is 0 Å². The molecule has 0 spiro atoms. The molecule has 1 aromatic rings. The molecule has 1 nitrogen and oxygen atoms in total. The van der Waals surface area contributed by atoms with Gasteiger partial charge in [-0.15, -0.1) is 0 Å². The largest absolute Gasteiger partial charge is 0.313 e. The van der Waals surface area contributed by atoms with Crippen molar-refractivity contribution in [1.29, 1.82) is 0 Å². The van der Waals surface area contributed by atoms with Crippen LogP contribution in [0.15, 0.2) is 18.2 Å². The fourth-order valence-electron chi connectivity index (χ4n) is 1.80. The van der Waals surface area contributed by atoms with E-state index in [1.807, 2.05) is 11.8 Å². The maximum atomic E-state index is 13.1. The molecule has 0 aliphatic heterocycles. The quantitative estimate of drug-likeness (QED) is 0.672. The molecule has 1 rings (SSSR count). The van der Waals surface area contributed by atoms with Crippen molar-refractivity contribution in [3.8, 4) is 0 Å². The zero-order valence-corrected chi connectivity index (χ0v) is 12.4. The summed E-state index contributed by atoms with van der Waals surface area (Å²) in [4.78, 5) is 0. The first-order valence-electron chi connectivity index (χ1n) is 6.37. The molecule has 0 saturated heterocycles. The first-order chi connectivity index (χ1) is 8.72. The van der Waals surface area contributed by atoms with Crippen LogP contribution in [-0.2, 0) is 6.54 Å². The first kappa shape index (κ1) is 15.8. The summed E-state index contributed by atoms with van der Waals surface area (Å²) in [7, 11) is 0. The SMILES string of the molecule is CSCCCCCCNCc1cc(F)cc(Cl)c1. The fourth-order valence-corrected chi connectivity index (χ4v) is 2.53. The van der Waals surface area contributed by atoms with E-state index in [4.69, 9.17) is 11.6 Å². The molecule has 18 heavy (non-hydrogen) atoms. The number of unbranched alkanes of at least 4 members (excludes halogenated alkanes) is 3. The summed E-state index contributed by atoms with van der Waals surface area (Å²) in [6, 6.07) is 4.66. The minimum Gasteiger partial charge on any atom is -0.313 e. The topological polar surface area (TPSA) is 12.0 Å². The molecule has 0 amide bonds. The molecule has 0 fully saturated rings. The molecule has 0 saturated carbocycles. The Hall–Kier alpha value is -0.250. The fraction of sp³-hybridized carbons (Fsp3) is 0.571. The van der Waals surface area contributed by atoms with Crippen LogP contribution in [0.5, 0.6) is 0 Å². The van der Waals surface area contributed by atoms with Gasteiger partial charge in [-0.1, -0.05) is 24.4 Å². The third-order valence-electron chi connectivity index (χ3n) is 2.70. The molecule has 0 aromatic heterocycles. The van der Waals surface area contributed by atoms with E-state index < -0.39 is 0 Å². The van der Waals surface area contributed by atoms with Crippen molar-refractivity contribution >= 4 is 23.4 Å². The zero-order valence-electron chi connectivity index (χ0n) is 10.8. The smallest absolute Gasteiger partial charge is 0.125 e. The van der Waals surface area contributed by atoms with Crippen LogP contribution in [0.3, 0.4) is 0 Å². The van der Waals surface area contributed by atoms with Gasteiger partial charge >= 0.3 is 0 Å². The number of hydrogen-bond donors (Lipinski definition) is 1. The summed E-state index contributed by atoms with van der Waals surface area (Å²) in [5, 5.41) is 3.78. The van der Waals surface area contributed by atoms with E-state index in [9.17, 15) is 4.39 Å². The average Bonchev–Trinajstić information content (AvgIpc) is 2.31. The number of rotatable bonds is 9. The highest BCUT2D eigenvalue weighted by Gasteiger charge is 1.99. The lowest BCUT2D eigenvalue weighted by molar-refractivity contribution is 0.593. The summed E-state index contributed by atoms with van der Waals surface area (Å²) >= 11 is 7.70. The van der Waals surface area contributed by atoms with Crippen LogP contribution in [0.25, 0.3) is 0 Å². The standard InChI is InChI=1S/C14H21ClFNS/c1-18-7-5-3-2-4-6-17-11-12-8-13(15)10-14(16)9-12/h8-10,17H,2-7,11H2,1H3. The van der Waals surface area contributed by atoms with Gasteiger partial charge in [-0.05, 0) is 55.2 Å². The van der Waals surface area contributed by atoms with Gasteiger partial charge in [-0.3, -0.25) is 0 Å². The van der Waals surface area contributed by atoms with Crippen LogP contribution in [0, 0.1) is 5.82 Å². The van der Waals surface area contributed by atoms with Gasteiger partial charge in [-0.25, -0.2) is 4.39 Å². The minimum absolute atomic E-state index is 0.267. The predicted molar refractivity (Wildman–Crippen MR) is 80.0 cm³/mol. The molecular weight excluding hydrogens is 269 g/mol. The van der Waals surface area contributed by atoms with Gasteiger partial charge in [0.1, 0.15) is 5.82 Å². The Bertz CT molecular complexity index is 326. The maximum absolute atomic E-state index is 13.1. The normalized spacial score (nSPS) is 10.8. The predicted octanol–water partition coefficient (Wildman–Crippen LogP) is 4.49. The molecule has 102 valence electrons. The molecule has 1 aromatic carbocycles. The van der Waals surface area contributed by atoms with Crippen molar-refractivity contribution in [2.45, 2.75) is 32.2 Å². The van der Waals surface area contributed by atoms with Gasteiger partial charge < -0.3 is 5.32 Å². The van der Waals surface area contributed by atoms with Gasteiger partial charge in [0.05, 0.1) is 0 Å². The van der Waals surface area contributed by atoms with Crippen molar-refractivity contribution in [3.05, 3.63) is 34.6 Å². The van der Waals surface area contributed by atoms with Crippen molar-refractivity contribution < 1.29 is 4.39 Å². The highest BCUT2D eigenvalue weighted by molar-refractivity contribution is 7.98. The van der Waals surface area contributed by atoms with Crippen LogP contribution in [0.4, 0.5) is 4.39 Å². The van der Waals surface area contributed by atoms with E-state index >= 15 is 0 Å². The molecule has 0 heterocycles. The lowest BCUT2D eigenvalue weighted by Gasteiger charge is -2.05. The molecule has 0 aliphatic carbocycles. The number of hydrogen-bond acceptors (Lipinski definition) is 2. The van der Waals surface area contributed by atoms with Crippen molar-refractivity contribution in [1.82, 2.24) is 5.32 Å². The number of nitrogens with one attached hydrogen (secondary N) is 1. The monoisotopic (exact) mass is 289 g/mol. The van der Waals surface area contributed by atoms with E-state index in [2.05, 4.69) is 11.6 Å². The van der Waals surface area contributed by atoms with Crippen molar-refractivity contribution in [2.75, 3.05) is 18.6 Å². The highest BCUT2D eigenvalue weighted by Crippen LogP contribution is 2.13. The summed E-state index contributed by atoms with van der Waals surface area (Å²) in [6.45, 7) is 1.66. The molecule has 0 bridgehead atoms. The van der Waals surface area contributed by atoms with Gasteiger partial charge in [0, 0.05) is 11.6 Å². The third kappa shape index (κ3) is 7.24. The van der Waals surface area contributed by atoms with Crippen LogP contribution in [0.2, 0.25) is 5.02 Å². The zero-order chi connectivity index (χ0) is 13.2. The minimum atomic E-state index is -0.267. The second-order valence-electron chi connectivity index (χ2n) is 4.36. The molecule has 0 radical (unpaired) electrons. The van der Waals surface area contributed by atoms with Gasteiger partial charge in [0.2, 0.25) is 0 Å². The number of halogens is 2. The molecule has 0 atom stereocenters. The van der Waals surface area contributed by atoms with Gasteiger partial charge in [-0.2, -0.15) is 11.8 Å². The summed E-state index contributed by atoms with van der Waals surface area (Å²) < 4.78 is 13.1. The van der Waals surface area contributed by atoms with Crippen LogP contribution < -0.4 is 5.32 Å². The Balaban J connectivity index is 2.07. The second kappa shape index (κ2) is 9.65. The second-order valence-corrected chi connectivity index (χ2v) is 5.78. The molecular formula is C14H21ClFNS. The lowest BCUT2D eigenvalue weighted by atomic mass is 10.2. The Labute approximate surface area is 118 Å². The third-order valence-corrected chi connectivity index (χ3v) is 3.62. The van der Waals surface area contributed by atoms with E-state index in [1.165, 1.54) is 43.6 Å². The van der Waals surface area contributed by atoms with Gasteiger partial charge in [0.15, 0.2) is 0 Å². The van der Waals surface area contributed by atoms with Crippen molar-refractivity contribution in [2.24, 2.45) is 0 Å². The highest BCUT2D eigenvalue weighted by atomic mass is 35.5. The summed E-state index contributed by atoms with van der Waals surface area (Å²) in [5.41, 5.74) is 0.905. The van der Waals surface area contributed by atoms with Crippen LogP contribution in [-0.4, -0.2) is 18.6 Å². The number of benzene rings is 1. The van der Waals surface area contributed by atoms with E-state index in [0.717, 1.165) is 12.1 Å². The Morgan fingerprint density at radius 2 is 1.94 bits per heavy atom. The van der Waals surface area contributed by atoms with Crippen LogP contribution in [0.1, 0.15) is 31.2 Å². The Morgan fingerprint density at radius 3 is 2.67 bits per heavy atom. The Kier molecular flexibility index (Phi) is 8.47. The summed E-state index contributed by atoms with van der Waals surface area (Å²) in [5.74, 6) is 0.992. The molecule has 4 heteroatoms. The molecule has 0 aliphatic rings. The maximum Gasteiger partial charge on any atom is 0.125 e. The molecule has 0 unspecified atom stereocenters. The molecule has 1 N–H and O–H groups in total. The van der Waals surface area contributed by atoms with E-state index in [0.29, 0.717) is 11.6 Å². The number of thioether (sulfide) groups is 1. The average molecular weight is 290 g/mol. The van der Waals surface area contributed by atoms with E-state index in [1.54, 1.807) is 6.07 Å². The summed E-state index contributed by atoms with van der Waals surface area (Å²) in [6.07, 6.45) is 7.19. The Morgan fingerprint density at radius 1 is 1.17 bits per heavy atom. The first-order valence-corrected chi connectivity index (χ1v) is 8.14. The lowest BCUT2D eigenvalue weighted by Crippen LogP contribution is -2.14. The van der Waals surface area contributed by atoms with E-state index in [-0.39, 0.29) is 5.82 Å².